The van der Waals surface area contributed by atoms with Crippen molar-refractivity contribution in [2.75, 3.05) is 6.61 Å². The summed E-state index contributed by atoms with van der Waals surface area (Å²) >= 11 is 0. The molecule has 1 amide bonds. The monoisotopic (exact) mass is 262 g/mol. The maximum Gasteiger partial charge on any atom is 0.225 e. The van der Waals surface area contributed by atoms with Crippen molar-refractivity contribution in [1.29, 1.82) is 0 Å². The van der Waals surface area contributed by atoms with E-state index in [1.165, 1.54) is 0 Å². The molecule has 1 unspecified atom stereocenters. The van der Waals surface area contributed by atoms with Crippen molar-refractivity contribution in [1.82, 2.24) is 9.88 Å². The highest BCUT2D eigenvalue weighted by Gasteiger charge is 2.24. The second-order valence-corrected chi connectivity index (χ2v) is 5.28. The van der Waals surface area contributed by atoms with Gasteiger partial charge in [0.2, 0.25) is 5.91 Å². The lowest BCUT2D eigenvalue weighted by atomic mass is 10.1. The number of ether oxygens (including phenoxy) is 1. The minimum absolute atomic E-state index is 0.109. The Morgan fingerprint density at radius 3 is 2.95 bits per heavy atom. The molecule has 2 heterocycles. The van der Waals surface area contributed by atoms with Crippen LogP contribution in [0.25, 0.3) is 0 Å². The van der Waals surface area contributed by atoms with E-state index in [0.717, 1.165) is 25.1 Å². The average molecular weight is 262 g/mol. The molecule has 4 heteroatoms. The van der Waals surface area contributed by atoms with Crippen LogP contribution in [0.4, 0.5) is 0 Å². The van der Waals surface area contributed by atoms with Crippen LogP contribution in [0.15, 0.2) is 24.4 Å². The van der Waals surface area contributed by atoms with Crippen molar-refractivity contribution in [2.45, 2.75) is 51.8 Å². The van der Waals surface area contributed by atoms with E-state index < -0.39 is 0 Å². The summed E-state index contributed by atoms with van der Waals surface area (Å²) in [6, 6.07) is 5.97. The molecule has 0 aromatic carbocycles. The zero-order chi connectivity index (χ0) is 13.7. The molecule has 0 spiro atoms. The van der Waals surface area contributed by atoms with Gasteiger partial charge in [0.05, 0.1) is 24.8 Å². The number of aromatic nitrogens is 1. The van der Waals surface area contributed by atoms with Crippen LogP contribution >= 0.6 is 0 Å². The molecule has 0 bridgehead atoms. The van der Waals surface area contributed by atoms with Crippen molar-refractivity contribution in [2.24, 2.45) is 0 Å². The molecule has 104 valence electrons. The molecule has 0 aliphatic carbocycles. The summed E-state index contributed by atoms with van der Waals surface area (Å²) < 4.78 is 5.54. The SMILES string of the molecule is CC(C)N(Cc1ccccn1)C(=O)CC1CCCO1. The van der Waals surface area contributed by atoms with E-state index in [1.807, 2.05) is 36.9 Å². The Balaban J connectivity index is 1.96. The predicted molar refractivity (Wildman–Crippen MR) is 73.5 cm³/mol. The summed E-state index contributed by atoms with van der Waals surface area (Å²) in [7, 11) is 0. The standard InChI is InChI=1S/C15H22N2O2/c1-12(2)17(11-13-6-3-4-8-16-13)15(18)10-14-7-5-9-19-14/h3-4,6,8,12,14H,5,7,9-11H2,1-2H3. The average Bonchev–Trinajstić information content (AvgIpc) is 2.89. The van der Waals surface area contributed by atoms with Crippen LogP contribution in [-0.4, -0.2) is 34.5 Å². The Hall–Kier alpha value is -1.42. The number of pyridine rings is 1. The van der Waals surface area contributed by atoms with Crippen LogP contribution in [0.3, 0.4) is 0 Å². The lowest BCUT2D eigenvalue weighted by Gasteiger charge is -2.27. The molecule has 2 rings (SSSR count). The van der Waals surface area contributed by atoms with E-state index in [2.05, 4.69) is 4.98 Å². The number of carbonyl (C=O) groups is 1. The molecular weight excluding hydrogens is 240 g/mol. The zero-order valence-corrected chi connectivity index (χ0v) is 11.7. The number of carbonyl (C=O) groups excluding carboxylic acids is 1. The van der Waals surface area contributed by atoms with Gasteiger partial charge in [-0.05, 0) is 38.8 Å². The highest BCUT2D eigenvalue weighted by atomic mass is 16.5. The number of amides is 1. The minimum atomic E-state index is 0.109. The van der Waals surface area contributed by atoms with Crippen molar-refractivity contribution >= 4 is 5.91 Å². The van der Waals surface area contributed by atoms with Crippen molar-refractivity contribution < 1.29 is 9.53 Å². The van der Waals surface area contributed by atoms with E-state index in [1.54, 1.807) is 6.20 Å². The van der Waals surface area contributed by atoms with Gasteiger partial charge < -0.3 is 9.64 Å². The van der Waals surface area contributed by atoms with Gasteiger partial charge in [-0.15, -0.1) is 0 Å². The van der Waals surface area contributed by atoms with Crippen molar-refractivity contribution in [3.05, 3.63) is 30.1 Å². The molecule has 19 heavy (non-hydrogen) atoms. The Morgan fingerprint density at radius 2 is 2.37 bits per heavy atom. The molecular formula is C15H22N2O2. The van der Waals surface area contributed by atoms with Gasteiger partial charge in [0.1, 0.15) is 0 Å². The van der Waals surface area contributed by atoms with Gasteiger partial charge in [-0.3, -0.25) is 9.78 Å². The van der Waals surface area contributed by atoms with Gasteiger partial charge >= 0.3 is 0 Å². The summed E-state index contributed by atoms with van der Waals surface area (Å²) in [6.07, 6.45) is 4.43. The normalized spacial score (nSPS) is 18.8. The van der Waals surface area contributed by atoms with E-state index in [9.17, 15) is 4.79 Å². The molecule has 1 saturated heterocycles. The van der Waals surface area contributed by atoms with Gasteiger partial charge in [0.25, 0.3) is 0 Å². The van der Waals surface area contributed by atoms with Gasteiger partial charge in [-0.2, -0.15) is 0 Å². The van der Waals surface area contributed by atoms with E-state index >= 15 is 0 Å². The lowest BCUT2D eigenvalue weighted by Crippen LogP contribution is -2.38. The third-order valence-electron chi connectivity index (χ3n) is 3.43. The van der Waals surface area contributed by atoms with E-state index in [0.29, 0.717) is 13.0 Å². The smallest absolute Gasteiger partial charge is 0.225 e. The molecule has 0 radical (unpaired) electrons. The molecule has 4 nitrogen and oxygen atoms in total. The van der Waals surface area contributed by atoms with Crippen LogP contribution in [0, 0.1) is 0 Å². The fourth-order valence-corrected chi connectivity index (χ4v) is 2.34. The summed E-state index contributed by atoms with van der Waals surface area (Å²) in [5.74, 6) is 0.160. The van der Waals surface area contributed by atoms with Crippen LogP contribution in [0.1, 0.15) is 38.8 Å². The molecule has 1 atom stereocenters. The largest absolute Gasteiger partial charge is 0.378 e. The topological polar surface area (TPSA) is 42.4 Å². The molecule has 1 aromatic rings. The minimum Gasteiger partial charge on any atom is -0.378 e. The number of nitrogens with zero attached hydrogens (tertiary/aromatic N) is 2. The Kier molecular flexibility index (Phi) is 4.91. The molecule has 0 N–H and O–H groups in total. The van der Waals surface area contributed by atoms with Crippen molar-refractivity contribution in [3.63, 3.8) is 0 Å². The Labute approximate surface area is 114 Å². The van der Waals surface area contributed by atoms with Gasteiger partial charge in [-0.1, -0.05) is 6.07 Å². The molecule has 1 aliphatic rings. The quantitative estimate of drug-likeness (QED) is 0.818. The zero-order valence-electron chi connectivity index (χ0n) is 11.7. The highest BCUT2D eigenvalue weighted by Crippen LogP contribution is 2.18. The summed E-state index contributed by atoms with van der Waals surface area (Å²) in [4.78, 5) is 18.5. The van der Waals surface area contributed by atoms with Gasteiger partial charge in [0, 0.05) is 18.8 Å². The van der Waals surface area contributed by atoms with Crippen LogP contribution < -0.4 is 0 Å². The van der Waals surface area contributed by atoms with E-state index in [-0.39, 0.29) is 18.1 Å². The fourth-order valence-electron chi connectivity index (χ4n) is 2.34. The maximum absolute atomic E-state index is 12.4. The van der Waals surface area contributed by atoms with Crippen molar-refractivity contribution in [3.8, 4) is 0 Å². The second kappa shape index (κ2) is 6.66. The summed E-state index contributed by atoms with van der Waals surface area (Å²) in [6.45, 7) is 5.44. The molecule has 1 aliphatic heterocycles. The first-order valence-electron chi connectivity index (χ1n) is 6.98. The maximum atomic E-state index is 12.4. The predicted octanol–water partition coefficient (Wildman–Crippen LogP) is 2.39. The number of hydrogen-bond acceptors (Lipinski definition) is 3. The molecule has 1 aromatic heterocycles. The summed E-state index contributed by atoms with van der Waals surface area (Å²) in [5.41, 5.74) is 0.928. The summed E-state index contributed by atoms with van der Waals surface area (Å²) in [5, 5.41) is 0. The number of rotatable bonds is 5. The first kappa shape index (κ1) is 14.0. The first-order valence-corrected chi connectivity index (χ1v) is 6.98. The van der Waals surface area contributed by atoms with Crippen LogP contribution in [0.5, 0.6) is 0 Å². The third-order valence-corrected chi connectivity index (χ3v) is 3.43. The number of hydrogen-bond donors (Lipinski definition) is 0. The Morgan fingerprint density at radius 1 is 1.53 bits per heavy atom. The van der Waals surface area contributed by atoms with Gasteiger partial charge in [0.15, 0.2) is 0 Å². The first-order chi connectivity index (χ1) is 9.16. The van der Waals surface area contributed by atoms with Crippen LogP contribution in [-0.2, 0) is 16.1 Å². The third kappa shape index (κ3) is 4.03. The second-order valence-electron chi connectivity index (χ2n) is 5.28. The Bertz CT molecular complexity index is 400. The lowest BCUT2D eigenvalue weighted by molar-refractivity contribution is -0.135. The van der Waals surface area contributed by atoms with E-state index in [4.69, 9.17) is 4.74 Å². The fraction of sp³-hybridized carbons (Fsp3) is 0.600. The molecule has 1 fully saturated rings. The highest BCUT2D eigenvalue weighted by molar-refractivity contribution is 5.77. The molecule has 0 saturated carbocycles. The van der Waals surface area contributed by atoms with Gasteiger partial charge in [-0.25, -0.2) is 0 Å². The van der Waals surface area contributed by atoms with Crippen LogP contribution in [0.2, 0.25) is 0 Å².